The average molecular weight is 375 g/mol. The number of carbonyl (C=O) groups is 1. The van der Waals surface area contributed by atoms with Gasteiger partial charge in [-0.1, -0.05) is 51.1 Å². The van der Waals surface area contributed by atoms with Gasteiger partial charge in [0.1, 0.15) is 13.2 Å². The Balaban J connectivity index is 1.42. The topological polar surface area (TPSA) is 35.5 Å². The molecule has 2 fully saturated rings. The number of carbonyl (C=O) groups excluding carboxylic acids is 1. The second kappa shape index (κ2) is 7.56. The maximum Gasteiger partial charge on any atom is 0.362 e. The minimum atomic E-state index is -0.156. The lowest BCUT2D eigenvalue weighted by Gasteiger charge is -2.39. The van der Waals surface area contributed by atoms with E-state index in [-0.39, 0.29) is 5.97 Å². The van der Waals surface area contributed by atoms with Crippen LogP contribution in [0.1, 0.15) is 45.6 Å². The SMILES string of the molecule is CC1(C)[C@@H]2CC[C@@]1(C)[C@@H](OCC[N+](C)(C)CC(=O)OCc1ccccc1)C2. The quantitative estimate of drug-likeness (QED) is 0.509. The molecule has 27 heavy (non-hydrogen) atoms. The Kier molecular flexibility index (Phi) is 5.69. The van der Waals surface area contributed by atoms with E-state index in [4.69, 9.17) is 9.47 Å². The summed E-state index contributed by atoms with van der Waals surface area (Å²) in [5.41, 5.74) is 1.69. The van der Waals surface area contributed by atoms with Gasteiger partial charge in [-0.15, -0.1) is 0 Å². The van der Waals surface area contributed by atoms with E-state index in [0.29, 0.717) is 41.2 Å². The van der Waals surface area contributed by atoms with Crippen molar-refractivity contribution in [1.29, 1.82) is 0 Å². The number of quaternary nitrogens is 1. The average Bonchev–Trinajstić information content (AvgIpc) is 2.94. The highest BCUT2D eigenvalue weighted by Crippen LogP contribution is 2.66. The minimum absolute atomic E-state index is 0.156. The van der Waals surface area contributed by atoms with E-state index in [9.17, 15) is 4.79 Å². The van der Waals surface area contributed by atoms with Gasteiger partial charge in [0, 0.05) is 0 Å². The van der Waals surface area contributed by atoms with Gasteiger partial charge in [-0.3, -0.25) is 0 Å². The minimum Gasteiger partial charge on any atom is -0.457 e. The zero-order valence-corrected chi connectivity index (χ0v) is 17.7. The van der Waals surface area contributed by atoms with E-state index in [2.05, 4.69) is 34.9 Å². The Labute approximate surface area is 164 Å². The van der Waals surface area contributed by atoms with E-state index in [1.54, 1.807) is 0 Å². The van der Waals surface area contributed by atoms with Crippen LogP contribution >= 0.6 is 0 Å². The van der Waals surface area contributed by atoms with Crippen LogP contribution in [0.25, 0.3) is 0 Å². The molecule has 2 bridgehead atoms. The normalized spacial score (nSPS) is 29.1. The number of likely N-dealkylation sites (N-methyl/N-ethyl adjacent to an activating group) is 1. The first-order valence-corrected chi connectivity index (χ1v) is 10.3. The van der Waals surface area contributed by atoms with Crippen molar-refractivity contribution in [3.05, 3.63) is 35.9 Å². The molecule has 0 aliphatic heterocycles. The summed E-state index contributed by atoms with van der Waals surface area (Å²) in [6, 6.07) is 9.82. The molecule has 1 aromatic rings. The Bertz CT molecular complexity index is 655. The summed E-state index contributed by atoms with van der Waals surface area (Å²) in [5.74, 6) is 0.639. The van der Waals surface area contributed by atoms with Crippen LogP contribution in [0.4, 0.5) is 0 Å². The van der Waals surface area contributed by atoms with Crippen LogP contribution in [-0.4, -0.2) is 50.3 Å². The van der Waals surface area contributed by atoms with E-state index in [1.165, 1.54) is 19.3 Å². The van der Waals surface area contributed by atoms with E-state index in [0.717, 1.165) is 18.0 Å². The molecule has 2 saturated carbocycles. The zero-order valence-electron chi connectivity index (χ0n) is 17.7. The smallest absolute Gasteiger partial charge is 0.362 e. The largest absolute Gasteiger partial charge is 0.457 e. The molecule has 2 aliphatic carbocycles. The molecule has 0 unspecified atom stereocenters. The lowest BCUT2D eigenvalue weighted by molar-refractivity contribution is -0.883. The highest BCUT2D eigenvalue weighted by Gasteiger charge is 2.61. The summed E-state index contributed by atoms with van der Waals surface area (Å²) in [6.07, 6.45) is 4.17. The summed E-state index contributed by atoms with van der Waals surface area (Å²) in [5, 5.41) is 0. The molecule has 4 nitrogen and oxygen atoms in total. The first kappa shape index (κ1) is 20.3. The fourth-order valence-corrected chi connectivity index (χ4v) is 5.04. The predicted octanol–water partition coefficient (Wildman–Crippen LogP) is 4.04. The second-order valence-corrected chi connectivity index (χ2v) is 9.93. The van der Waals surface area contributed by atoms with Crippen molar-refractivity contribution in [2.24, 2.45) is 16.7 Å². The first-order valence-electron chi connectivity index (χ1n) is 10.3. The summed E-state index contributed by atoms with van der Waals surface area (Å²) in [7, 11) is 4.14. The summed E-state index contributed by atoms with van der Waals surface area (Å²) in [6.45, 7) is 9.46. The Hall–Kier alpha value is -1.39. The zero-order chi connectivity index (χ0) is 19.7. The van der Waals surface area contributed by atoms with Gasteiger partial charge < -0.3 is 14.0 Å². The van der Waals surface area contributed by atoms with Crippen molar-refractivity contribution in [3.63, 3.8) is 0 Å². The molecule has 0 saturated heterocycles. The van der Waals surface area contributed by atoms with Crippen LogP contribution in [0, 0.1) is 16.7 Å². The number of ether oxygens (including phenoxy) is 2. The van der Waals surface area contributed by atoms with Crippen molar-refractivity contribution >= 4 is 5.97 Å². The Morgan fingerprint density at radius 1 is 1.19 bits per heavy atom. The lowest BCUT2D eigenvalue weighted by atomic mass is 9.70. The highest BCUT2D eigenvalue weighted by molar-refractivity contribution is 5.70. The molecule has 0 amide bonds. The van der Waals surface area contributed by atoms with Crippen LogP contribution in [0.3, 0.4) is 0 Å². The van der Waals surface area contributed by atoms with Gasteiger partial charge in [-0.2, -0.15) is 0 Å². The van der Waals surface area contributed by atoms with Gasteiger partial charge in [0.25, 0.3) is 0 Å². The second-order valence-electron chi connectivity index (χ2n) is 9.93. The maximum absolute atomic E-state index is 12.2. The Morgan fingerprint density at radius 3 is 2.48 bits per heavy atom. The van der Waals surface area contributed by atoms with Crippen molar-refractivity contribution in [2.45, 2.75) is 52.7 Å². The number of rotatable bonds is 8. The van der Waals surface area contributed by atoms with Gasteiger partial charge in [-0.05, 0) is 41.6 Å². The fourth-order valence-electron chi connectivity index (χ4n) is 5.04. The molecule has 0 aromatic heterocycles. The monoisotopic (exact) mass is 374 g/mol. The molecular formula is C23H36NO3+. The summed E-state index contributed by atoms with van der Waals surface area (Å²) < 4.78 is 12.4. The third-order valence-electron chi connectivity index (χ3n) is 7.53. The molecule has 0 radical (unpaired) electrons. The number of hydrogen-bond donors (Lipinski definition) is 0. The number of benzene rings is 1. The van der Waals surface area contributed by atoms with Crippen molar-refractivity contribution in [3.8, 4) is 0 Å². The molecule has 3 rings (SSSR count). The molecule has 0 N–H and O–H groups in total. The van der Waals surface area contributed by atoms with Crippen LogP contribution in [0.5, 0.6) is 0 Å². The van der Waals surface area contributed by atoms with Gasteiger partial charge in [-0.25, -0.2) is 4.79 Å². The Morgan fingerprint density at radius 2 is 1.89 bits per heavy atom. The summed E-state index contributed by atoms with van der Waals surface area (Å²) in [4.78, 5) is 12.2. The van der Waals surface area contributed by atoms with Crippen molar-refractivity contribution in [2.75, 3.05) is 33.8 Å². The third-order valence-corrected chi connectivity index (χ3v) is 7.53. The van der Waals surface area contributed by atoms with Crippen LogP contribution < -0.4 is 0 Å². The van der Waals surface area contributed by atoms with Gasteiger partial charge in [0.05, 0.1) is 26.8 Å². The number of hydrogen-bond acceptors (Lipinski definition) is 3. The molecule has 0 spiro atoms. The number of esters is 1. The van der Waals surface area contributed by atoms with E-state index < -0.39 is 0 Å². The molecule has 1 aromatic carbocycles. The first-order chi connectivity index (χ1) is 12.6. The molecule has 0 heterocycles. The molecule has 150 valence electrons. The predicted molar refractivity (Wildman–Crippen MR) is 107 cm³/mol. The summed E-state index contributed by atoms with van der Waals surface area (Å²) >= 11 is 0. The molecular weight excluding hydrogens is 338 g/mol. The van der Waals surface area contributed by atoms with Gasteiger partial charge in [0.15, 0.2) is 6.54 Å². The van der Waals surface area contributed by atoms with Crippen LogP contribution in [0.15, 0.2) is 30.3 Å². The fraction of sp³-hybridized carbons (Fsp3) is 0.696. The highest BCUT2D eigenvalue weighted by atomic mass is 16.5. The van der Waals surface area contributed by atoms with E-state index >= 15 is 0 Å². The van der Waals surface area contributed by atoms with Gasteiger partial charge in [0.2, 0.25) is 0 Å². The molecule has 3 atom stereocenters. The maximum atomic E-state index is 12.2. The van der Waals surface area contributed by atoms with Crippen molar-refractivity contribution in [1.82, 2.24) is 0 Å². The standard InChI is InChI=1S/C23H36NO3/c1-22(2)19-11-12-23(22,3)20(15-19)26-14-13-24(4,5)16-21(25)27-17-18-9-7-6-8-10-18/h6-10,19-20H,11-17H2,1-5H3/q+1/t19-,20+,23+/m1/s1. The van der Waals surface area contributed by atoms with Gasteiger partial charge >= 0.3 is 5.97 Å². The van der Waals surface area contributed by atoms with Crippen LogP contribution in [-0.2, 0) is 20.9 Å². The number of fused-ring (bicyclic) bond motifs is 2. The molecule has 2 aliphatic rings. The number of nitrogens with zero attached hydrogens (tertiary/aromatic N) is 1. The molecule has 4 heteroatoms. The third kappa shape index (κ3) is 4.22. The van der Waals surface area contributed by atoms with E-state index in [1.807, 2.05) is 30.3 Å². The van der Waals surface area contributed by atoms with Crippen molar-refractivity contribution < 1.29 is 18.8 Å². The van der Waals surface area contributed by atoms with Crippen LogP contribution in [0.2, 0.25) is 0 Å². The lowest BCUT2D eigenvalue weighted by Crippen LogP contribution is -2.47.